The Balaban J connectivity index is 0.00000220. The number of nitrogens with zero attached hydrogens (tertiary/aromatic N) is 2. The smallest absolute Gasteiger partial charge is 0.193 e. The predicted octanol–water partition coefficient (Wildman–Crippen LogP) is 2.72. The van der Waals surface area contributed by atoms with Crippen molar-refractivity contribution < 1.29 is 9.15 Å². The van der Waals surface area contributed by atoms with E-state index in [2.05, 4.69) is 22.3 Å². The first-order valence-electron chi connectivity index (χ1n) is 7.30. The molecule has 0 spiro atoms. The first kappa shape index (κ1) is 18.3. The average molecular weight is 407 g/mol. The lowest BCUT2D eigenvalue weighted by Gasteiger charge is -2.26. The van der Waals surface area contributed by atoms with Crippen LogP contribution in [0.1, 0.15) is 24.8 Å². The highest BCUT2D eigenvalue weighted by molar-refractivity contribution is 14.0. The third kappa shape index (κ3) is 6.25. The molecule has 1 aromatic rings. The molecule has 2 heterocycles. The van der Waals surface area contributed by atoms with Gasteiger partial charge >= 0.3 is 0 Å². The van der Waals surface area contributed by atoms with Gasteiger partial charge in [0, 0.05) is 46.0 Å². The van der Waals surface area contributed by atoms with E-state index in [1.165, 1.54) is 19.3 Å². The second-order valence-electron chi connectivity index (χ2n) is 5.30. The van der Waals surface area contributed by atoms with Gasteiger partial charge in [0.05, 0.1) is 12.5 Å². The number of aliphatic imine (C=N–C) groups is 1. The van der Waals surface area contributed by atoms with E-state index in [0.717, 1.165) is 43.7 Å². The Kier molecular flexibility index (Phi) is 8.75. The summed E-state index contributed by atoms with van der Waals surface area (Å²) < 4.78 is 10.5. The van der Waals surface area contributed by atoms with Gasteiger partial charge in [-0.3, -0.25) is 4.99 Å². The fourth-order valence-corrected chi connectivity index (χ4v) is 2.48. The standard InChI is InChI=1S/C15H25N3O2.HI/c1-16-15(17-11-14-6-10-20-12-14)18(2)7-3-13-4-8-19-9-5-13;/h6,10,12-13H,3-5,7-9,11H2,1-2H3,(H,16,17);1H. The summed E-state index contributed by atoms with van der Waals surface area (Å²) in [5.74, 6) is 1.72. The zero-order valence-corrected chi connectivity index (χ0v) is 15.2. The minimum atomic E-state index is 0. The van der Waals surface area contributed by atoms with Crippen LogP contribution in [0, 0.1) is 5.92 Å². The van der Waals surface area contributed by atoms with Crippen molar-refractivity contribution in [1.29, 1.82) is 0 Å². The molecule has 120 valence electrons. The minimum absolute atomic E-state index is 0. The molecule has 0 atom stereocenters. The Morgan fingerprint density at radius 2 is 2.19 bits per heavy atom. The lowest BCUT2D eigenvalue weighted by Crippen LogP contribution is -2.39. The molecule has 1 N–H and O–H groups in total. The molecule has 0 unspecified atom stereocenters. The molecule has 1 saturated heterocycles. The van der Waals surface area contributed by atoms with Crippen LogP contribution in [0.5, 0.6) is 0 Å². The molecular weight excluding hydrogens is 381 g/mol. The van der Waals surface area contributed by atoms with E-state index in [0.29, 0.717) is 0 Å². The zero-order valence-electron chi connectivity index (χ0n) is 12.9. The lowest BCUT2D eigenvalue weighted by atomic mass is 9.96. The molecule has 6 heteroatoms. The quantitative estimate of drug-likeness (QED) is 0.463. The number of rotatable bonds is 5. The number of hydrogen-bond donors (Lipinski definition) is 1. The van der Waals surface area contributed by atoms with Crippen molar-refractivity contribution in [3.8, 4) is 0 Å². The molecule has 0 bridgehead atoms. The van der Waals surface area contributed by atoms with E-state index in [1.807, 2.05) is 13.1 Å². The summed E-state index contributed by atoms with van der Waals surface area (Å²) in [4.78, 5) is 6.52. The molecule has 0 aliphatic carbocycles. The minimum Gasteiger partial charge on any atom is -0.472 e. The third-order valence-electron chi connectivity index (χ3n) is 3.82. The van der Waals surface area contributed by atoms with Crippen molar-refractivity contribution in [2.24, 2.45) is 10.9 Å². The van der Waals surface area contributed by atoms with Crippen LogP contribution in [0.25, 0.3) is 0 Å². The first-order valence-corrected chi connectivity index (χ1v) is 7.30. The summed E-state index contributed by atoms with van der Waals surface area (Å²) in [5.41, 5.74) is 1.13. The molecule has 0 saturated carbocycles. The van der Waals surface area contributed by atoms with Gasteiger partial charge in [-0.1, -0.05) is 0 Å². The normalized spacial score (nSPS) is 16.4. The Hall–Kier alpha value is -0.760. The average Bonchev–Trinajstić information content (AvgIpc) is 3.00. The van der Waals surface area contributed by atoms with Gasteiger partial charge in [-0.2, -0.15) is 0 Å². The number of hydrogen-bond acceptors (Lipinski definition) is 3. The fourth-order valence-electron chi connectivity index (χ4n) is 2.48. The second-order valence-corrected chi connectivity index (χ2v) is 5.30. The van der Waals surface area contributed by atoms with Crippen LogP contribution in [0.15, 0.2) is 28.0 Å². The molecule has 1 aliphatic rings. The maximum Gasteiger partial charge on any atom is 0.193 e. The number of guanidine groups is 1. The number of nitrogens with one attached hydrogen (secondary N) is 1. The van der Waals surface area contributed by atoms with Gasteiger partial charge in [0.2, 0.25) is 0 Å². The Labute approximate surface area is 144 Å². The summed E-state index contributed by atoms with van der Waals surface area (Å²) in [7, 11) is 3.91. The van der Waals surface area contributed by atoms with E-state index in [-0.39, 0.29) is 24.0 Å². The van der Waals surface area contributed by atoms with Crippen molar-refractivity contribution in [2.75, 3.05) is 33.9 Å². The highest BCUT2D eigenvalue weighted by Crippen LogP contribution is 2.18. The van der Waals surface area contributed by atoms with Crippen molar-refractivity contribution in [3.63, 3.8) is 0 Å². The summed E-state index contributed by atoms with van der Waals surface area (Å²) in [6.45, 7) is 3.60. The van der Waals surface area contributed by atoms with Gasteiger partial charge in [-0.15, -0.1) is 24.0 Å². The van der Waals surface area contributed by atoms with E-state index < -0.39 is 0 Å². The monoisotopic (exact) mass is 407 g/mol. The van der Waals surface area contributed by atoms with Crippen LogP contribution in [0.3, 0.4) is 0 Å². The summed E-state index contributed by atoms with van der Waals surface area (Å²) in [6, 6.07) is 1.96. The van der Waals surface area contributed by atoms with Crippen LogP contribution < -0.4 is 5.32 Å². The van der Waals surface area contributed by atoms with Gasteiger partial charge in [-0.25, -0.2) is 0 Å². The van der Waals surface area contributed by atoms with Crippen molar-refractivity contribution in [1.82, 2.24) is 10.2 Å². The summed E-state index contributed by atoms with van der Waals surface area (Å²) in [6.07, 6.45) is 7.02. The number of ether oxygens (including phenoxy) is 1. The molecule has 1 fully saturated rings. The van der Waals surface area contributed by atoms with Gasteiger partial charge in [0.25, 0.3) is 0 Å². The van der Waals surface area contributed by atoms with E-state index in [4.69, 9.17) is 9.15 Å². The van der Waals surface area contributed by atoms with Crippen LogP contribution in [-0.2, 0) is 11.3 Å². The second kappa shape index (κ2) is 10.0. The molecule has 1 aliphatic heterocycles. The Morgan fingerprint density at radius 1 is 1.43 bits per heavy atom. The topological polar surface area (TPSA) is 50.0 Å². The van der Waals surface area contributed by atoms with E-state index in [9.17, 15) is 0 Å². The third-order valence-corrected chi connectivity index (χ3v) is 3.82. The molecule has 1 aromatic heterocycles. The highest BCUT2D eigenvalue weighted by Gasteiger charge is 2.15. The van der Waals surface area contributed by atoms with Crippen molar-refractivity contribution in [2.45, 2.75) is 25.8 Å². The predicted molar refractivity (Wildman–Crippen MR) is 95.1 cm³/mol. The summed E-state index contributed by atoms with van der Waals surface area (Å²) >= 11 is 0. The molecule has 0 amide bonds. The Morgan fingerprint density at radius 3 is 2.81 bits per heavy atom. The van der Waals surface area contributed by atoms with Gasteiger partial charge in [-0.05, 0) is 31.2 Å². The van der Waals surface area contributed by atoms with Crippen molar-refractivity contribution >= 4 is 29.9 Å². The van der Waals surface area contributed by atoms with Crippen LogP contribution in [-0.4, -0.2) is 44.7 Å². The highest BCUT2D eigenvalue weighted by atomic mass is 127. The lowest BCUT2D eigenvalue weighted by molar-refractivity contribution is 0.0625. The molecule has 21 heavy (non-hydrogen) atoms. The fraction of sp³-hybridized carbons (Fsp3) is 0.667. The van der Waals surface area contributed by atoms with Crippen LogP contribution in [0.4, 0.5) is 0 Å². The summed E-state index contributed by atoms with van der Waals surface area (Å²) in [5, 5.41) is 3.35. The van der Waals surface area contributed by atoms with E-state index in [1.54, 1.807) is 12.5 Å². The van der Waals surface area contributed by atoms with Crippen molar-refractivity contribution in [3.05, 3.63) is 24.2 Å². The number of halogens is 1. The molecule has 0 aromatic carbocycles. The maximum absolute atomic E-state index is 5.40. The molecule has 2 rings (SSSR count). The molecular formula is C15H26IN3O2. The Bertz CT molecular complexity index is 403. The van der Waals surface area contributed by atoms with Gasteiger partial charge in [0.1, 0.15) is 0 Å². The largest absolute Gasteiger partial charge is 0.472 e. The molecule has 5 nitrogen and oxygen atoms in total. The molecule has 0 radical (unpaired) electrons. The van der Waals surface area contributed by atoms with Gasteiger partial charge < -0.3 is 19.4 Å². The first-order chi connectivity index (χ1) is 9.79. The number of furan rings is 1. The zero-order chi connectivity index (χ0) is 14.2. The van der Waals surface area contributed by atoms with E-state index >= 15 is 0 Å². The van der Waals surface area contributed by atoms with Gasteiger partial charge in [0.15, 0.2) is 5.96 Å². The maximum atomic E-state index is 5.40. The van der Waals surface area contributed by atoms with Crippen LogP contribution in [0.2, 0.25) is 0 Å². The SMILES string of the molecule is CN=C(NCc1ccoc1)N(C)CCC1CCOCC1.I. The van der Waals surface area contributed by atoms with Crippen LogP contribution >= 0.6 is 24.0 Å².